The van der Waals surface area contributed by atoms with Crippen molar-refractivity contribution in [3.8, 4) is 11.5 Å². The van der Waals surface area contributed by atoms with E-state index in [1.165, 1.54) is 6.42 Å². The van der Waals surface area contributed by atoms with E-state index < -0.39 is 6.35 Å². The summed E-state index contributed by atoms with van der Waals surface area (Å²) in [5.41, 5.74) is 1.21. The van der Waals surface area contributed by atoms with Crippen LogP contribution in [0.4, 0.5) is 11.8 Å². The Hall–Kier alpha value is -3.52. The lowest BCUT2D eigenvalue weighted by Crippen LogP contribution is -2.58. The number of carbonyl (C=O) groups excluding carboxylic acids is 1. The molecule has 0 aliphatic carbocycles. The summed E-state index contributed by atoms with van der Waals surface area (Å²) in [6.45, 7) is 11.2. The van der Waals surface area contributed by atoms with Crippen molar-refractivity contribution in [1.29, 1.82) is 0 Å². The van der Waals surface area contributed by atoms with Gasteiger partial charge >= 0.3 is 0 Å². The van der Waals surface area contributed by atoms with Crippen LogP contribution < -0.4 is 41.0 Å². The van der Waals surface area contributed by atoms with Gasteiger partial charge in [-0.1, -0.05) is 11.6 Å². The molecule has 320 valence electrons. The molecule has 0 radical (unpaired) electrons. The molecule has 0 spiro atoms. The highest BCUT2D eigenvalue weighted by Crippen LogP contribution is 2.47. The summed E-state index contributed by atoms with van der Waals surface area (Å²) in [6.07, 6.45) is 10.3. The summed E-state index contributed by atoms with van der Waals surface area (Å²) >= 11 is 1.94. The summed E-state index contributed by atoms with van der Waals surface area (Å²) in [5, 5.41) is 36.6. The van der Waals surface area contributed by atoms with Crippen molar-refractivity contribution >= 4 is 40.3 Å². The highest BCUT2D eigenvalue weighted by Gasteiger charge is 2.60. The Bertz CT molecular complexity index is 1790. The topological polar surface area (TPSA) is 194 Å². The normalized spacial score (nSPS) is 25.9. The monoisotopic (exact) mass is 825 g/mol. The molecule has 6 heterocycles. The molecule has 17 nitrogen and oxygen atoms in total. The van der Waals surface area contributed by atoms with Crippen molar-refractivity contribution in [2.45, 2.75) is 114 Å². The van der Waals surface area contributed by atoms with Gasteiger partial charge in [0, 0.05) is 72.2 Å². The van der Waals surface area contributed by atoms with E-state index in [-0.39, 0.29) is 23.6 Å². The van der Waals surface area contributed by atoms with Gasteiger partial charge in [-0.3, -0.25) is 15.4 Å². The lowest BCUT2D eigenvalue weighted by atomic mass is 9.79. The van der Waals surface area contributed by atoms with Gasteiger partial charge in [-0.05, 0) is 71.4 Å². The number of rotatable bonds is 21. The Balaban J connectivity index is 0.784. The number of aromatic nitrogens is 5. The molecule has 18 heteroatoms. The molecule has 1 unspecified atom stereocenters. The number of fused-ring (bicyclic) bond motifs is 2. The van der Waals surface area contributed by atoms with Crippen LogP contribution in [0.3, 0.4) is 0 Å². The second-order valence-corrected chi connectivity index (χ2v) is 17.4. The Morgan fingerprint density at radius 2 is 1.88 bits per heavy atom. The highest BCUT2D eigenvalue weighted by atomic mass is 32.2. The Morgan fingerprint density at radius 1 is 1.03 bits per heavy atom. The average molecular weight is 826 g/mol. The average Bonchev–Trinajstić information content (AvgIpc) is 3.85. The summed E-state index contributed by atoms with van der Waals surface area (Å²) in [7, 11) is 1.64. The van der Waals surface area contributed by atoms with Gasteiger partial charge in [0.15, 0.2) is 17.9 Å². The molecule has 3 aromatic rings. The van der Waals surface area contributed by atoms with Crippen molar-refractivity contribution in [2.24, 2.45) is 0 Å². The first-order valence-electron chi connectivity index (χ1n) is 21.1. The number of hydrogen-bond acceptors (Lipinski definition) is 16. The highest BCUT2D eigenvalue weighted by molar-refractivity contribution is 8.00. The van der Waals surface area contributed by atoms with Gasteiger partial charge in [0.1, 0.15) is 18.1 Å². The predicted octanol–water partition coefficient (Wildman–Crippen LogP) is 2.77. The Kier molecular flexibility index (Phi) is 14.8. The van der Waals surface area contributed by atoms with E-state index in [4.69, 9.17) is 28.9 Å². The summed E-state index contributed by atoms with van der Waals surface area (Å²) in [5.74, 6) is 3.77. The van der Waals surface area contributed by atoms with Crippen LogP contribution in [0.2, 0.25) is 0 Å². The van der Waals surface area contributed by atoms with Crippen LogP contribution in [-0.4, -0.2) is 137 Å². The SMILES string of the molecule is COc1cc2c(N[C@@H]3CCCNC3)nc(N3CCCCC3)nc2cc1OCc1cn(CCOCCOCCNC(=O)CCCC[C@@H]2SC[C@]3(C)NC(O)N[C@]23C)nn1. The number of amides is 1. The molecule has 5 atom stereocenters. The second kappa shape index (κ2) is 20.2. The van der Waals surface area contributed by atoms with E-state index in [0.717, 1.165) is 99.5 Å². The van der Waals surface area contributed by atoms with Gasteiger partial charge in [0.25, 0.3) is 0 Å². The smallest absolute Gasteiger partial charge is 0.227 e. The van der Waals surface area contributed by atoms with Crippen LogP contribution in [0.1, 0.15) is 77.3 Å². The van der Waals surface area contributed by atoms with Crippen molar-refractivity contribution in [1.82, 2.24) is 46.2 Å². The van der Waals surface area contributed by atoms with Gasteiger partial charge in [-0.2, -0.15) is 16.7 Å². The molecule has 7 rings (SSSR count). The maximum atomic E-state index is 12.3. The fourth-order valence-corrected chi connectivity index (χ4v) is 10.3. The van der Waals surface area contributed by atoms with Crippen LogP contribution >= 0.6 is 11.8 Å². The van der Waals surface area contributed by atoms with Crippen LogP contribution in [0, 0.1) is 0 Å². The van der Waals surface area contributed by atoms with Crippen molar-refractivity contribution in [3.63, 3.8) is 0 Å². The first-order valence-corrected chi connectivity index (χ1v) is 22.2. The second-order valence-electron chi connectivity index (χ2n) is 16.2. The number of carbonyl (C=O) groups is 1. The first kappa shape index (κ1) is 42.6. The number of aliphatic hydroxyl groups is 1. The zero-order valence-corrected chi connectivity index (χ0v) is 35.2. The minimum absolute atomic E-state index is 0.0470. The number of aliphatic hydroxyl groups excluding tert-OH is 1. The van der Waals surface area contributed by atoms with Crippen LogP contribution in [0.5, 0.6) is 11.5 Å². The van der Waals surface area contributed by atoms with Crippen molar-refractivity contribution < 1.29 is 28.8 Å². The molecule has 0 bridgehead atoms. The third-order valence-electron chi connectivity index (χ3n) is 12.0. The number of hydrogen-bond donors (Lipinski definition) is 6. The van der Waals surface area contributed by atoms with E-state index in [0.29, 0.717) is 74.4 Å². The third kappa shape index (κ3) is 10.6. The lowest BCUT2D eigenvalue weighted by molar-refractivity contribution is -0.121. The molecule has 4 aliphatic rings. The zero-order chi connectivity index (χ0) is 40.4. The molecular formula is C40H63N11O6S. The molecule has 6 N–H and O–H groups in total. The summed E-state index contributed by atoms with van der Waals surface area (Å²) < 4.78 is 25.2. The lowest BCUT2D eigenvalue weighted by Gasteiger charge is -2.36. The molecule has 1 amide bonds. The van der Waals surface area contributed by atoms with Gasteiger partial charge in [0.05, 0.1) is 51.8 Å². The Labute approximate surface area is 345 Å². The summed E-state index contributed by atoms with van der Waals surface area (Å²) in [6, 6.07) is 4.20. The van der Waals surface area contributed by atoms with Gasteiger partial charge in [-0.15, -0.1) is 5.10 Å². The molecule has 2 aromatic heterocycles. The number of ether oxygens (including phenoxy) is 4. The molecule has 0 saturated carbocycles. The number of methoxy groups -OCH3 is 1. The first-order chi connectivity index (χ1) is 28.2. The van der Waals surface area contributed by atoms with Gasteiger partial charge in [0.2, 0.25) is 11.9 Å². The molecule has 4 fully saturated rings. The third-order valence-corrected chi connectivity index (χ3v) is 13.8. The molecule has 4 aliphatic heterocycles. The number of nitrogens with zero attached hydrogens (tertiary/aromatic N) is 6. The maximum Gasteiger partial charge on any atom is 0.227 e. The fourth-order valence-electron chi connectivity index (χ4n) is 8.40. The Morgan fingerprint density at radius 3 is 2.69 bits per heavy atom. The number of benzene rings is 1. The van der Waals surface area contributed by atoms with Crippen molar-refractivity contribution in [2.75, 3.05) is 82.2 Å². The zero-order valence-electron chi connectivity index (χ0n) is 34.4. The minimum atomic E-state index is -0.663. The number of thioether (sulfide) groups is 1. The number of piperidine rings is 2. The van der Waals surface area contributed by atoms with E-state index in [1.54, 1.807) is 11.8 Å². The maximum absolute atomic E-state index is 12.3. The number of anilines is 2. The van der Waals surface area contributed by atoms with E-state index in [9.17, 15) is 9.90 Å². The summed E-state index contributed by atoms with van der Waals surface area (Å²) in [4.78, 5) is 24.6. The largest absolute Gasteiger partial charge is 0.493 e. The number of nitrogens with one attached hydrogen (secondary N) is 5. The molecule has 1 aromatic carbocycles. The van der Waals surface area contributed by atoms with E-state index >= 15 is 0 Å². The standard InChI is InChI=1S/C40H63N11O6S/c1-39-27-58-34(40(39,2)47-38(53)46-39)11-5-6-12-35(52)42-14-18-55-20-21-56-19-17-51-25-29(48-49-51)26-57-33-23-31-30(22-32(33)54-3)36(43-28-10-9-13-41-24-28)45-37(44-31)50-15-7-4-8-16-50/h22-23,25,28,34,38,41,46-47,53H,4-21,24,26-27H2,1-3H3,(H,42,52)(H,43,44,45)/t28-,34+,38?,39+,40-/m1/s1. The fraction of sp³-hybridized carbons (Fsp3) is 0.725. The van der Waals surface area contributed by atoms with Crippen molar-refractivity contribution in [3.05, 3.63) is 24.0 Å². The van der Waals surface area contributed by atoms with E-state index in [1.807, 2.05) is 30.1 Å². The van der Waals surface area contributed by atoms with Gasteiger partial charge in [-0.25, -0.2) is 9.67 Å². The molecule has 4 saturated heterocycles. The van der Waals surface area contributed by atoms with Crippen LogP contribution in [0.15, 0.2) is 18.3 Å². The molecular weight excluding hydrogens is 763 g/mol. The van der Waals surface area contributed by atoms with Crippen LogP contribution in [0.25, 0.3) is 10.9 Å². The van der Waals surface area contributed by atoms with Gasteiger partial charge < -0.3 is 44.9 Å². The van der Waals surface area contributed by atoms with E-state index in [2.05, 4.69) is 55.6 Å². The minimum Gasteiger partial charge on any atom is -0.493 e. The van der Waals surface area contributed by atoms with Crippen LogP contribution in [-0.2, 0) is 27.4 Å². The molecule has 58 heavy (non-hydrogen) atoms. The predicted molar refractivity (Wildman–Crippen MR) is 224 cm³/mol. The number of unbranched alkanes of at least 4 members (excludes halogenated alkanes) is 1. The quantitative estimate of drug-likeness (QED) is 0.0859.